The van der Waals surface area contributed by atoms with Gasteiger partial charge in [-0.25, -0.2) is 4.79 Å². The maximum absolute atomic E-state index is 12.3. The number of benzene rings is 2. The number of hydrogen-bond donors (Lipinski definition) is 0. The summed E-state index contributed by atoms with van der Waals surface area (Å²) in [4.78, 5) is 26.1. The van der Waals surface area contributed by atoms with Crippen LogP contribution in [0.1, 0.15) is 29.8 Å². The summed E-state index contributed by atoms with van der Waals surface area (Å²) in [5.41, 5.74) is 1.44. The molecule has 0 saturated carbocycles. The van der Waals surface area contributed by atoms with E-state index in [2.05, 4.69) is 0 Å². The third-order valence-corrected chi connectivity index (χ3v) is 4.44. The largest absolute Gasteiger partial charge is 0.489 e. The predicted molar refractivity (Wildman–Crippen MR) is 104 cm³/mol. The highest BCUT2D eigenvalue weighted by Crippen LogP contribution is 2.15. The van der Waals surface area contributed by atoms with Crippen molar-refractivity contribution in [2.75, 3.05) is 19.7 Å². The first kappa shape index (κ1) is 19.9. The molecule has 0 bridgehead atoms. The van der Waals surface area contributed by atoms with Crippen LogP contribution in [0.4, 0.5) is 0 Å². The van der Waals surface area contributed by atoms with E-state index >= 15 is 0 Å². The van der Waals surface area contributed by atoms with Crippen LogP contribution in [0.15, 0.2) is 54.6 Å². The van der Waals surface area contributed by atoms with Gasteiger partial charge in [0.1, 0.15) is 12.4 Å². The fourth-order valence-corrected chi connectivity index (χ4v) is 3.11. The van der Waals surface area contributed by atoms with E-state index in [4.69, 9.17) is 14.2 Å². The molecule has 1 heterocycles. The van der Waals surface area contributed by atoms with Gasteiger partial charge in [0.05, 0.1) is 17.8 Å². The number of amides is 1. The zero-order valence-electron chi connectivity index (χ0n) is 16.2. The van der Waals surface area contributed by atoms with Crippen LogP contribution >= 0.6 is 0 Å². The van der Waals surface area contributed by atoms with Crippen LogP contribution in [0.5, 0.6) is 5.75 Å². The molecule has 3 rings (SSSR count). The summed E-state index contributed by atoms with van der Waals surface area (Å²) >= 11 is 0. The Morgan fingerprint density at radius 3 is 2.29 bits per heavy atom. The number of hydrogen-bond acceptors (Lipinski definition) is 5. The highest BCUT2D eigenvalue weighted by Gasteiger charge is 2.26. The second-order valence-corrected chi connectivity index (χ2v) is 6.93. The molecule has 1 aliphatic rings. The van der Waals surface area contributed by atoms with Crippen molar-refractivity contribution in [3.05, 3.63) is 65.7 Å². The lowest BCUT2D eigenvalue weighted by Gasteiger charge is -2.35. The Labute approximate surface area is 165 Å². The minimum absolute atomic E-state index is 0.0215. The van der Waals surface area contributed by atoms with Crippen molar-refractivity contribution in [2.45, 2.75) is 32.7 Å². The molecule has 2 aromatic carbocycles. The summed E-state index contributed by atoms with van der Waals surface area (Å²) in [7, 11) is 0. The van der Waals surface area contributed by atoms with Gasteiger partial charge in [0, 0.05) is 13.1 Å². The van der Waals surface area contributed by atoms with E-state index in [-0.39, 0.29) is 24.7 Å². The van der Waals surface area contributed by atoms with Gasteiger partial charge in [-0.05, 0) is 43.7 Å². The molecule has 2 aromatic rings. The van der Waals surface area contributed by atoms with E-state index in [0.29, 0.717) is 31.0 Å². The van der Waals surface area contributed by atoms with Crippen molar-refractivity contribution in [3.63, 3.8) is 0 Å². The molecule has 0 radical (unpaired) electrons. The van der Waals surface area contributed by atoms with Crippen LogP contribution in [-0.2, 0) is 20.9 Å². The average molecular weight is 383 g/mol. The Morgan fingerprint density at radius 1 is 1.00 bits per heavy atom. The minimum atomic E-state index is -0.530. The van der Waals surface area contributed by atoms with Crippen LogP contribution in [0.2, 0.25) is 0 Å². The summed E-state index contributed by atoms with van der Waals surface area (Å²) in [5, 5.41) is 0. The maximum atomic E-state index is 12.3. The van der Waals surface area contributed by atoms with Crippen LogP contribution < -0.4 is 4.74 Å². The SMILES string of the molecule is C[C@@H]1CN(C(=O)COC(=O)c2ccc(OCc3ccccc3)cc2)C[C@H](C)O1. The van der Waals surface area contributed by atoms with E-state index in [0.717, 1.165) is 5.56 Å². The standard InChI is InChI=1S/C22H25NO5/c1-16-12-23(13-17(2)28-16)21(24)15-27-22(25)19-8-10-20(11-9-19)26-14-18-6-4-3-5-7-18/h3-11,16-17H,12-15H2,1-2H3/t16-,17+. The Hall–Kier alpha value is -2.86. The molecule has 0 aliphatic carbocycles. The summed E-state index contributed by atoms with van der Waals surface area (Å²) in [6, 6.07) is 16.5. The van der Waals surface area contributed by atoms with Crippen molar-refractivity contribution in [2.24, 2.45) is 0 Å². The van der Waals surface area contributed by atoms with Crippen LogP contribution in [0.25, 0.3) is 0 Å². The molecule has 0 spiro atoms. The summed E-state index contributed by atoms with van der Waals surface area (Å²) in [5.74, 6) is -0.0803. The Balaban J connectivity index is 1.47. The lowest BCUT2D eigenvalue weighted by Crippen LogP contribution is -2.49. The number of carbonyl (C=O) groups excluding carboxylic acids is 2. The Morgan fingerprint density at radius 2 is 1.64 bits per heavy atom. The van der Waals surface area contributed by atoms with Gasteiger partial charge in [0.15, 0.2) is 6.61 Å². The number of esters is 1. The second-order valence-electron chi connectivity index (χ2n) is 6.93. The molecular formula is C22H25NO5. The number of nitrogens with zero attached hydrogens (tertiary/aromatic N) is 1. The van der Waals surface area contributed by atoms with Crippen molar-refractivity contribution in [1.82, 2.24) is 4.90 Å². The zero-order chi connectivity index (χ0) is 19.9. The summed E-state index contributed by atoms with van der Waals surface area (Å²) in [6.07, 6.45) is -0.0429. The van der Waals surface area contributed by atoms with E-state index < -0.39 is 5.97 Å². The molecule has 1 saturated heterocycles. The number of ether oxygens (including phenoxy) is 3. The second kappa shape index (κ2) is 9.37. The monoisotopic (exact) mass is 383 g/mol. The Kier molecular flexibility index (Phi) is 6.66. The third-order valence-electron chi connectivity index (χ3n) is 4.44. The van der Waals surface area contributed by atoms with Gasteiger partial charge in [-0.3, -0.25) is 4.79 Å². The van der Waals surface area contributed by atoms with Gasteiger partial charge in [-0.1, -0.05) is 30.3 Å². The molecule has 0 unspecified atom stereocenters. The summed E-state index contributed by atoms with van der Waals surface area (Å²) in [6.45, 7) is 5.04. The fourth-order valence-electron chi connectivity index (χ4n) is 3.11. The van der Waals surface area contributed by atoms with Gasteiger partial charge >= 0.3 is 5.97 Å². The first-order valence-electron chi connectivity index (χ1n) is 9.38. The molecule has 2 atom stereocenters. The van der Waals surface area contributed by atoms with Gasteiger partial charge in [-0.15, -0.1) is 0 Å². The number of rotatable bonds is 6. The Bertz CT molecular complexity index is 780. The molecular weight excluding hydrogens is 358 g/mol. The molecule has 0 N–H and O–H groups in total. The van der Waals surface area contributed by atoms with Gasteiger partial charge in [-0.2, -0.15) is 0 Å². The molecule has 28 heavy (non-hydrogen) atoms. The lowest BCUT2D eigenvalue weighted by molar-refractivity contribution is -0.146. The predicted octanol–water partition coefficient (Wildman–Crippen LogP) is 3.06. The number of morpholine rings is 1. The normalized spacial score (nSPS) is 19.1. The molecule has 1 amide bonds. The quantitative estimate of drug-likeness (QED) is 0.718. The first-order chi connectivity index (χ1) is 13.5. The summed E-state index contributed by atoms with van der Waals surface area (Å²) < 4.78 is 16.5. The van der Waals surface area contributed by atoms with Crippen molar-refractivity contribution in [1.29, 1.82) is 0 Å². The van der Waals surface area contributed by atoms with Crippen LogP contribution in [0, 0.1) is 0 Å². The average Bonchev–Trinajstić information content (AvgIpc) is 2.70. The molecule has 0 aromatic heterocycles. The topological polar surface area (TPSA) is 65.1 Å². The van der Waals surface area contributed by atoms with Crippen molar-refractivity contribution < 1.29 is 23.8 Å². The van der Waals surface area contributed by atoms with Crippen LogP contribution in [0.3, 0.4) is 0 Å². The highest BCUT2D eigenvalue weighted by molar-refractivity contribution is 5.91. The van der Waals surface area contributed by atoms with Gasteiger partial charge < -0.3 is 19.1 Å². The molecule has 6 nitrogen and oxygen atoms in total. The lowest BCUT2D eigenvalue weighted by atomic mass is 10.2. The fraction of sp³-hybridized carbons (Fsp3) is 0.364. The first-order valence-corrected chi connectivity index (χ1v) is 9.38. The van der Waals surface area contributed by atoms with Crippen molar-refractivity contribution in [3.8, 4) is 5.75 Å². The van der Waals surface area contributed by atoms with E-state index in [1.807, 2.05) is 44.2 Å². The molecule has 1 fully saturated rings. The van der Waals surface area contributed by atoms with E-state index in [1.165, 1.54) is 0 Å². The highest BCUT2D eigenvalue weighted by atomic mass is 16.5. The van der Waals surface area contributed by atoms with E-state index in [1.54, 1.807) is 29.2 Å². The van der Waals surface area contributed by atoms with Crippen LogP contribution in [-0.4, -0.2) is 48.7 Å². The van der Waals surface area contributed by atoms with E-state index in [9.17, 15) is 9.59 Å². The van der Waals surface area contributed by atoms with Gasteiger partial charge in [0.25, 0.3) is 5.91 Å². The van der Waals surface area contributed by atoms with Gasteiger partial charge in [0.2, 0.25) is 0 Å². The zero-order valence-corrected chi connectivity index (χ0v) is 16.2. The molecule has 148 valence electrons. The molecule has 6 heteroatoms. The minimum Gasteiger partial charge on any atom is -0.489 e. The number of carbonyl (C=O) groups is 2. The van der Waals surface area contributed by atoms with Crippen molar-refractivity contribution >= 4 is 11.9 Å². The maximum Gasteiger partial charge on any atom is 0.338 e. The third kappa shape index (κ3) is 5.57. The smallest absolute Gasteiger partial charge is 0.338 e. The molecule has 1 aliphatic heterocycles.